The van der Waals surface area contributed by atoms with Crippen molar-refractivity contribution in [3.8, 4) is 11.5 Å². The van der Waals surface area contributed by atoms with Crippen LogP contribution in [0.1, 0.15) is 0 Å². The first kappa shape index (κ1) is 19.9. The van der Waals surface area contributed by atoms with Crippen molar-refractivity contribution in [2.75, 3.05) is 52.8 Å². The first-order chi connectivity index (χ1) is 11.7. The van der Waals surface area contributed by atoms with Crippen LogP contribution < -0.4 is 14.2 Å². The number of fused-ring (bicyclic) bond motifs is 1. The van der Waals surface area contributed by atoms with Gasteiger partial charge in [0.2, 0.25) is 20.0 Å². The zero-order chi connectivity index (χ0) is 18.5. The van der Waals surface area contributed by atoms with Crippen LogP contribution in [0.25, 0.3) is 0 Å². The molecule has 1 aromatic carbocycles. The van der Waals surface area contributed by atoms with Gasteiger partial charge in [-0.25, -0.2) is 21.6 Å². The van der Waals surface area contributed by atoms with Crippen molar-refractivity contribution in [2.45, 2.75) is 4.90 Å². The van der Waals surface area contributed by atoms with Crippen molar-refractivity contribution >= 4 is 20.0 Å². The van der Waals surface area contributed by atoms with Crippen LogP contribution in [0, 0.1) is 0 Å². The number of methoxy groups -OCH3 is 1. The second-order valence-corrected chi connectivity index (χ2v) is 9.11. The Bertz CT molecular complexity index is 793. The number of rotatable bonds is 9. The minimum Gasteiger partial charge on any atom is -0.486 e. The van der Waals surface area contributed by atoms with E-state index in [1.807, 2.05) is 0 Å². The molecule has 0 bridgehead atoms. The van der Waals surface area contributed by atoms with Gasteiger partial charge < -0.3 is 14.2 Å². The third-order valence-corrected chi connectivity index (χ3v) is 6.25. The summed E-state index contributed by atoms with van der Waals surface area (Å²) in [6.45, 7) is 1.09. The lowest BCUT2D eigenvalue weighted by Crippen LogP contribution is -2.39. The minimum atomic E-state index is -3.79. The number of nitrogens with one attached hydrogen (secondary N) is 1. The topological polar surface area (TPSA) is 111 Å². The zero-order valence-corrected chi connectivity index (χ0v) is 15.7. The number of ether oxygens (including phenoxy) is 3. The Kier molecular flexibility index (Phi) is 6.63. The second-order valence-electron chi connectivity index (χ2n) is 5.36. The number of hydrogen-bond acceptors (Lipinski definition) is 7. The van der Waals surface area contributed by atoms with E-state index in [0.717, 1.165) is 10.6 Å². The van der Waals surface area contributed by atoms with Crippen LogP contribution in [0.3, 0.4) is 0 Å². The van der Waals surface area contributed by atoms with Gasteiger partial charge in [0.05, 0.1) is 17.8 Å². The maximum Gasteiger partial charge on any atom is 0.240 e. The SMILES string of the molecule is COCCN(CCNS(=O)(=O)c1ccc2c(c1)OCCO2)S(C)(=O)=O. The highest BCUT2D eigenvalue weighted by Crippen LogP contribution is 2.32. The van der Waals surface area contributed by atoms with Gasteiger partial charge in [0, 0.05) is 32.8 Å². The van der Waals surface area contributed by atoms with E-state index in [0.29, 0.717) is 24.7 Å². The molecular formula is C14H22N2O7S2. The minimum absolute atomic E-state index is 0.00593. The van der Waals surface area contributed by atoms with Crippen molar-refractivity contribution in [3.05, 3.63) is 18.2 Å². The van der Waals surface area contributed by atoms with E-state index in [4.69, 9.17) is 14.2 Å². The molecule has 9 nitrogen and oxygen atoms in total. The lowest BCUT2D eigenvalue weighted by atomic mass is 10.3. The molecule has 0 aromatic heterocycles. The van der Waals surface area contributed by atoms with Crippen molar-refractivity contribution < 1.29 is 31.0 Å². The summed E-state index contributed by atoms with van der Waals surface area (Å²) in [6, 6.07) is 4.33. The molecule has 0 unspecified atom stereocenters. The van der Waals surface area contributed by atoms with E-state index in [9.17, 15) is 16.8 Å². The van der Waals surface area contributed by atoms with E-state index < -0.39 is 20.0 Å². The van der Waals surface area contributed by atoms with Crippen LogP contribution in [-0.4, -0.2) is 74.0 Å². The summed E-state index contributed by atoms with van der Waals surface area (Å²) in [5.41, 5.74) is 0. The van der Waals surface area contributed by atoms with E-state index in [2.05, 4.69) is 4.72 Å². The van der Waals surface area contributed by atoms with Gasteiger partial charge in [-0.05, 0) is 12.1 Å². The van der Waals surface area contributed by atoms with E-state index in [1.165, 1.54) is 25.3 Å². The smallest absolute Gasteiger partial charge is 0.240 e. The monoisotopic (exact) mass is 394 g/mol. The van der Waals surface area contributed by atoms with Gasteiger partial charge in [-0.3, -0.25) is 0 Å². The third kappa shape index (κ3) is 5.54. The van der Waals surface area contributed by atoms with Crippen molar-refractivity contribution in [2.24, 2.45) is 0 Å². The largest absolute Gasteiger partial charge is 0.486 e. The molecule has 0 radical (unpaired) electrons. The predicted octanol–water partition coefficient (Wildman–Crippen LogP) is -0.356. The Morgan fingerprint density at radius 1 is 1.12 bits per heavy atom. The molecule has 0 atom stereocenters. The Balaban J connectivity index is 2.01. The molecular weight excluding hydrogens is 372 g/mol. The van der Waals surface area contributed by atoms with Crippen LogP contribution >= 0.6 is 0 Å². The molecule has 1 N–H and O–H groups in total. The lowest BCUT2D eigenvalue weighted by Gasteiger charge is -2.20. The van der Waals surface area contributed by atoms with Crippen LogP contribution in [-0.2, 0) is 24.8 Å². The van der Waals surface area contributed by atoms with Gasteiger partial charge in [-0.1, -0.05) is 0 Å². The Labute approximate surface area is 148 Å². The highest BCUT2D eigenvalue weighted by atomic mass is 32.2. The molecule has 25 heavy (non-hydrogen) atoms. The summed E-state index contributed by atoms with van der Waals surface area (Å²) in [6.07, 6.45) is 1.07. The maximum atomic E-state index is 12.4. The number of hydrogen-bond donors (Lipinski definition) is 1. The highest BCUT2D eigenvalue weighted by molar-refractivity contribution is 7.89. The predicted molar refractivity (Wildman–Crippen MR) is 90.9 cm³/mol. The standard InChI is InChI=1S/C14H22N2O7S2/c1-21-8-7-16(24(2,17)18)6-5-15-25(19,20)12-3-4-13-14(11-12)23-10-9-22-13/h3-4,11,15H,5-10H2,1-2H3. The molecule has 1 aliphatic rings. The molecule has 0 spiro atoms. The third-order valence-electron chi connectivity index (χ3n) is 3.49. The quantitative estimate of drug-likeness (QED) is 0.609. The van der Waals surface area contributed by atoms with E-state index in [-0.39, 0.29) is 31.1 Å². The fourth-order valence-corrected chi connectivity index (χ4v) is 4.08. The highest BCUT2D eigenvalue weighted by Gasteiger charge is 2.21. The van der Waals surface area contributed by atoms with Crippen LogP contribution in [0.2, 0.25) is 0 Å². The van der Waals surface area contributed by atoms with Crippen molar-refractivity contribution in [1.29, 1.82) is 0 Å². The van der Waals surface area contributed by atoms with Crippen molar-refractivity contribution in [1.82, 2.24) is 9.03 Å². The molecule has 142 valence electrons. The second kappa shape index (κ2) is 8.32. The van der Waals surface area contributed by atoms with Crippen LogP contribution in [0.5, 0.6) is 11.5 Å². The van der Waals surface area contributed by atoms with Gasteiger partial charge >= 0.3 is 0 Å². The average molecular weight is 394 g/mol. The van der Waals surface area contributed by atoms with Gasteiger partial charge in [0.1, 0.15) is 13.2 Å². The van der Waals surface area contributed by atoms with Crippen LogP contribution in [0.15, 0.2) is 23.1 Å². The lowest BCUT2D eigenvalue weighted by molar-refractivity contribution is 0.171. The Morgan fingerprint density at radius 3 is 2.44 bits per heavy atom. The molecule has 1 aliphatic heterocycles. The van der Waals surface area contributed by atoms with Crippen LogP contribution in [0.4, 0.5) is 0 Å². The maximum absolute atomic E-state index is 12.4. The number of benzene rings is 1. The molecule has 1 heterocycles. The summed E-state index contributed by atoms with van der Waals surface area (Å²) < 4.78 is 67.2. The number of nitrogens with zero attached hydrogens (tertiary/aromatic N) is 1. The normalized spacial score (nSPS) is 14.7. The van der Waals surface area contributed by atoms with Gasteiger partial charge in [0.25, 0.3) is 0 Å². The Morgan fingerprint density at radius 2 is 1.80 bits per heavy atom. The fourth-order valence-electron chi connectivity index (χ4n) is 2.22. The van der Waals surface area contributed by atoms with Gasteiger partial charge in [0.15, 0.2) is 11.5 Å². The summed E-state index contributed by atoms with van der Waals surface area (Å²) >= 11 is 0. The number of sulfonamides is 2. The molecule has 0 fully saturated rings. The molecule has 0 amide bonds. The summed E-state index contributed by atoms with van der Waals surface area (Å²) in [5, 5.41) is 0. The molecule has 0 saturated heterocycles. The summed E-state index contributed by atoms with van der Waals surface area (Å²) in [5.74, 6) is 0.861. The first-order valence-corrected chi connectivity index (χ1v) is 10.9. The molecule has 11 heteroatoms. The van der Waals surface area contributed by atoms with Crippen molar-refractivity contribution in [3.63, 3.8) is 0 Å². The average Bonchev–Trinajstić information content (AvgIpc) is 2.56. The first-order valence-electron chi connectivity index (χ1n) is 7.57. The van der Waals surface area contributed by atoms with E-state index >= 15 is 0 Å². The van der Waals surface area contributed by atoms with E-state index in [1.54, 1.807) is 0 Å². The Hall–Kier alpha value is -1.40. The molecule has 2 rings (SSSR count). The molecule has 0 aliphatic carbocycles. The zero-order valence-electron chi connectivity index (χ0n) is 14.1. The van der Waals surface area contributed by atoms with Gasteiger partial charge in [-0.2, -0.15) is 4.31 Å². The van der Waals surface area contributed by atoms with Gasteiger partial charge in [-0.15, -0.1) is 0 Å². The molecule has 0 saturated carbocycles. The molecule has 1 aromatic rings. The summed E-state index contributed by atoms with van der Waals surface area (Å²) in [7, 11) is -5.78. The summed E-state index contributed by atoms with van der Waals surface area (Å²) in [4.78, 5) is 0.0274. The fraction of sp³-hybridized carbons (Fsp3) is 0.571.